The van der Waals surface area contributed by atoms with E-state index in [1.54, 1.807) is 0 Å². The predicted molar refractivity (Wildman–Crippen MR) is 77.1 cm³/mol. The molecule has 1 aromatic carbocycles. The first-order chi connectivity index (χ1) is 9.85. The van der Waals surface area contributed by atoms with Crippen LogP contribution in [0.1, 0.15) is 16.8 Å². The molecule has 0 bridgehead atoms. The third kappa shape index (κ3) is 4.84. The van der Waals surface area contributed by atoms with E-state index in [4.69, 9.17) is 27.8 Å². The number of methoxy groups -OCH3 is 1. The number of carbonyl (C=O) groups is 3. The van der Waals surface area contributed by atoms with Gasteiger partial charge in [-0.05, 0) is 6.07 Å². The predicted octanol–water partition coefficient (Wildman–Crippen LogP) is 0.246. The molecule has 0 aromatic heterocycles. The van der Waals surface area contributed by atoms with Gasteiger partial charge < -0.3 is 21.5 Å². The number of urea groups is 1. The number of nitrogens with one attached hydrogen (secondary N) is 2. The Bertz CT molecular complexity index is 577. The van der Waals surface area contributed by atoms with Crippen LogP contribution in [0.4, 0.5) is 10.5 Å². The van der Waals surface area contributed by atoms with E-state index in [-0.39, 0.29) is 35.0 Å². The van der Waals surface area contributed by atoms with Crippen molar-refractivity contribution in [1.29, 1.82) is 0 Å². The van der Waals surface area contributed by atoms with Crippen LogP contribution in [0.5, 0.6) is 5.75 Å². The molecule has 0 radical (unpaired) electrons. The van der Waals surface area contributed by atoms with Crippen LogP contribution in [0.25, 0.3) is 0 Å². The lowest BCUT2D eigenvalue weighted by atomic mass is 10.1. The number of imide groups is 1. The third-order valence-electron chi connectivity index (χ3n) is 2.46. The van der Waals surface area contributed by atoms with Crippen molar-refractivity contribution in [1.82, 2.24) is 10.6 Å². The lowest BCUT2D eigenvalue weighted by Crippen LogP contribution is -2.37. The largest absolute Gasteiger partial charge is 0.496 e. The highest BCUT2D eigenvalue weighted by atomic mass is 35.5. The zero-order valence-corrected chi connectivity index (χ0v) is 12.0. The van der Waals surface area contributed by atoms with Crippen LogP contribution in [-0.2, 0) is 4.79 Å². The molecule has 0 unspecified atom stereocenters. The molecule has 9 heteroatoms. The van der Waals surface area contributed by atoms with E-state index in [2.05, 4.69) is 5.32 Å². The summed E-state index contributed by atoms with van der Waals surface area (Å²) in [4.78, 5) is 33.6. The van der Waals surface area contributed by atoms with Gasteiger partial charge in [0.1, 0.15) is 5.75 Å². The number of ether oxygens (including phenoxy) is 1. The van der Waals surface area contributed by atoms with Crippen molar-refractivity contribution < 1.29 is 19.1 Å². The maximum absolute atomic E-state index is 12.0. The van der Waals surface area contributed by atoms with Gasteiger partial charge in [-0.3, -0.25) is 14.9 Å². The Morgan fingerprint density at radius 2 is 2.00 bits per heavy atom. The normalized spacial score (nSPS) is 9.81. The maximum atomic E-state index is 12.0. The van der Waals surface area contributed by atoms with Gasteiger partial charge in [0.15, 0.2) is 0 Å². The summed E-state index contributed by atoms with van der Waals surface area (Å²) in [7, 11) is 1.39. The van der Waals surface area contributed by atoms with Gasteiger partial charge in [-0.25, -0.2) is 4.79 Å². The van der Waals surface area contributed by atoms with Crippen LogP contribution in [0.2, 0.25) is 5.02 Å². The van der Waals surface area contributed by atoms with Crippen LogP contribution in [0.15, 0.2) is 12.1 Å². The molecule has 1 rings (SSSR count). The van der Waals surface area contributed by atoms with Gasteiger partial charge in [0, 0.05) is 19.0 Å². The molecule has 4 amide bonds. The average Bonchev–Trinajstić information content (AvgIpc) is 2.40. The van der Waals surface area contributed by atoms with Gasteiger partial charge in [0.25, 0.3) is 5.91 Å². The zero-order valence-electron chi connectivity index (χ0n) is 11.2. The minimum Gasteiger partial charge on any atom is -0.496 e. The third-order valence-corrected chi connectivity index (χ3v) is 2.79. The van der Waals surface area contributed by atoms with E-state index in [0.717, 1.165) is 0 Å². The number of primary amides is 1. The number of nitrogen functional groups attached to an aromatic ring is 1. The lowest BCUT2D eigenvalue weighted by molar-refractivity contribution is -0.119. The Labute approximate surface area is 125 Å². The van der Waals surface area contributed by atoms with E-state index < -0.39 is 17.8 Å². The van der Waals surface area contributed by atoms with Crippen LogP contribution in [0.3, 0.4) is 0 Å². The van der Waals surface area contributed by atoms with E-state index in [0.29, 0.717) is 0 Å². The quantitative estimate of drug-likeness (QED) is 0.577. The Morgan fingerprint density at radius 1 is 1.33 bits per heavy atom. The molecule has 0 saturated heterocycles. The number of anilines is 1. The molecule has 1 aromatic rings. The number of rotatable bonds is 5. The second-order valence-electron chi connectivity index (χ2n) is 3.99. The summed E-state index contributed by atoms with van der Waals surface area (Å²) in [6.07, 6.45) is -0.0975. The summed E-state index contributed by atoms with van der Waals surface area (Å²) in [6, 6.07) is 1.85. The number of amides is 4. The summed E-state index contributed by atoms with van der Waals surface area (Å²) in [5.41, 5.74) is 10.9. The molecule has 0 fully saturated rings. The van der Waals surface area contributed by atoms with Gasteiger partial charge >= 0.3 is 6.03 Å². The summed E-state index contributed by atoms with van der Waals surface area (Å²) >= 11 is 5.85. The van der Waals surface area contributed by atoms with Crippen LogP contribution >= 0.6 is 11.6 Å². The van der Waals surface area contributed by atoms with Gasteiger partial charge in [-0.2, -0.15) is 0 Å². The van der Waals surface area contributed by atoms with Gasteiger partial charge in [0.05, 0.1) is 23.4 Å². The molecule has 0 spiro atoms. The molecule has 21 heavy (non-hydrogen) atoms. The molecule has 0 aliphatic heterocycles. The number of carbonyl (C=O) groups excluding carboxylic acids is 3. The van der Waals surface area contributed by atoms with Crippen molar-refractivity contribution in [2.75, 3.05) is 19.4 Å². The molecule has 0 aliphatic rings. The molecule has 0 atom stereocenters. The monoisotopic (exact) mass is 314 g/mol. The van der Waals surface area contributed by atoms with Crippen molar-refractivity contribution in [3.63, 3.8) is 0 Å². The molecule has 0 aliphatic carbocycles. The fourth-order valence-electron chi connectivity index (χ4n) is 1.50. The Morgan fingerprint density at radius 3 is 2.57 bits per heavy atom. The molecular formula is C12H15ClN4O4. The van der Waals surface area contributed by atoms with E-state index >= 15 is 0 Å². The molecular weight excluding hydrogens is 300 g/mol. The van der Waals surface area contributed by atoms with Gasteiger partial charge in [-0.1, -0.05) is 11.6 Å². The summed E-state index contributed by atoms with van der Waals surface area (Å²) < 4.78 is 5.04. The maximum Gasteiger partial charge on any atom is 0.318 e. The molecule has 0 saturated carbocycles. The smallest absolute Gasteiger partial charge is 0.318 e. The minimum atomic E-state index is -0.946. The average molecular weight is 315 g/mol. The van der Waals surface area contributed by atoms with Crippen molar-refractivity contribution in [2.24, 2.45) is 5.73 Å². The number of hydrogen-bond donors (Lipinski definition) is 4. The van der Waals surface area contributed by atoms with Crippen LogP contribution in [0, 0.1) is 0 Å². The summed E-state index contributed by atoms with van der Waals surface area (Å²) in [6.45, 7) is 0.0170. The fourth-order valence-corrected chi connectivity index (χ4v) is 1.66. The fraction of sp³-hybridized carbons (Fsp3) is 0.250. The first-order valence-electron chi connectivity index (χ1n) is 5.85. The first-order valence-corrected chi connectivity index (χ1v) is 6.23. The second kappa shape index (κ2) is 7.34. The van der Waals surface area contributed by atoms with E-state index in [1.807, 2.05) is 5.32 Å². The zero-order chi connectivity index (χ0) is 16.0. The first kappa shape index (κ1) is 16.6. The molecule has 114 valence electrons. The molecule has 0 heterocycles. The van der Waals surface area contributed by atoms with Crippen molar-refractivity contribution >= 4 is 35.1 Å². The minimum absolute atomic E-state index is 0.0170. The standard InChI is InChI=1S/C12H15ClN4O4/c1-21-9-5-8(14)7(13)4-6(9)11(19)16-3-2-10(18)17-12(15)20/h4-5H,2-3,14H2,1H3,(H,16,19)(H3,15,17,18,20). The highest BCUT2D eigenvalue weighted by Crippen LogP contribution is 2.28. The second-order valence-corrected chi connectivity index (χ2v) is 4.40. The number of halogens is 1. The summed E-state index contributed by atoms with van der Waals surface area (Å²) in [5.74, 6) is -0.818. The number of benzene rings is 1. The van der Waals surface area contributed by atoms with E-state index in [9.17, 15) is 14.4 Å². The Hall–Kier alpha value is -2.48. The SMILES string of the molecule is COc1cc(N)c(Cl)cc1C(=O)NCCC(=O)NC(N)=O. The Kier molecular flexibility index (Phi) is 5.79. The topological polar surface area (TPSA) is 137 Å². The van der Waals surface area contributed by atoms with Gasteiger partial charge in [0.2, 0.25) is 5.91 Å². The van der Waals surface area contributed by atoms with Crippen molar-refractivity contribution in [2.45, 2.75) is 6.42 Å². The molecule has 8 nitrogen and oxygen atoms in total. The van der Waals surface area contributed by atoms with Crippen molar-refractivity contribution in [3.05, 3.63) is 22.7 Å². The van der Waals surface area contributed by atoms with Gasteiger partial charge in [-0.15, -0.1) is 0 Å². The summed E-state index contributed by atoms with van der Waals surface area (Å²) in [5, 5.41) is 4.59. The highest BCUT2D eigenvalue weighted by molar-refractivity contribution is 6.33. The van der Waals surface area contributed by atoms with Crippen LogP contribution in [-0.4, -0.2) is 31.5 Å². The van der Waals surface area contributed by atoms with Crippen LogP contribution < -0.4 is 26.8 Å². The number of nitrogens with two attached hydrogens (primary N) is 2. The van der Waals surface area contributed by atoms with Crippen molar-refractivity contribution in [3.8, 4) is 5.75 Å². The molecule has 6 N–H and O–H groups in total. The highest BCUT2D eigenvalue weighted by Gasteiger charge is 2.15. The van der Waals surface area contributed by atoms with E-state index in [1.165, 1.54) is 19.2 Å². The Balaban J connectivity index is 2.66. The number of hydrogen-bond acceptors (Lipinski definition) is 5. The lowest BCUT2D eigenvalue weighted by Gasteiger charge is -2.11.